The summed E-state index contributed by atoms with van der Waals surface area (Å²) in [5.74, 6) is -0.899. The number of alkyl halides is 1. The average molecular weight is 410 g/mol. The summed E-state index contributed by atoms with van der Waals surface area (Å²) in [6.07, 6.45) is 0. The van der Waals surface area contributed by atoms with Crippen molar-refractivity contribution in [3.8, 4) is 0 Å². The second-order valence-corrected chi connectivity index (χ2v) is 6.28. The quantitative estimate of drug-likeness (QED) is 0.519. The average Bonchev–Trinajstić information content (AvgIpc) is 2.36. The van der Waals surface area contributed by atoms with Gasteiger partial charge in [0.1, 0.15) is 11.6 Å². The first-order valence-corrected chi connectivity index (χ1v) is 7.54. The van der Waals surface area contributed by atoms with Crippen LogP contribution < -0.4 is 0 Å². The fraction of sp³-hybridized carbons (Fsp3) is 0.143. The van der Waals surface area contributed by atoms with Crippen molar-refractivity contribution in [1.29, 1.82) is 0 Å². The maximum absolute atomic E-state index is 13.9. The Kier molecular flexibility index (Phi) is 4.64. The molecule has 0 saturated heterocycles. The van der Waals surface area contributed by atoms with Gasteiger partial charge in [-0.05, 0) is 52.2 Å². The molecule has 0 radical (unpaired) electrons. The highest BCUT2D eigenvalue weighted by Crippen LogP contribution is 2.39. The van der Waals surface area contributed by atoms with Crippen molar-refractivity contribution in [1.82, 2.24) is 0 Å². The molecule has 0 bridgehead atoms. The molecular formula is C14H9Br2ClF2. The Labute approximate surface area is 132 Å². The summed E-state index contributed by atoms with van der Waals surface area (Å²) in [7, 11) is 0. The minimum Gasteiger partial charge on any atom is -0.207 e. The van der Waals surface area contributed by atoms with E-state index in [1.807, 2.05) is 0 Å². The molecule has 0 aliphatic heterocycles. The van der Waals surface area contributed by atoms with Crippen molar-refractivity contribution in [3.63, 3.8) is 0 Å². The van der Waals surface area contributed by atoms with E-state index in [0.29, 0.717) is 15.1 Å². The van der Waals surface area contributed by atoms with Crippen LogP contribution in [-0.2, 0) is 0 Å². The summed E-state index contributed by atoms with van der Waals surface area (Å²) < 4.78 is 28.2. The number of aryl methyl sites for hydroxylation is 1. The van der Waals surface area contributed by atoms with Crippen molar-refractivity contribution in [3.05, 3.63) is 68.2 Å². The highest BCUT2D eigenvalue weighted by atomic mass is 79.9. The first-order chi connectivity index (χ1) is 8.91. The maximum Gasteiger partial charge on any atom is 0.128 e. The van der Waals surface area contributed by atoms with Gasteiger partial charge in [0.05, 0.1) is 9.85 Å². The molecule has 0 aromatic heterocycles. The van der Waals surface area contributed by atoms with Crippen molar-refractivity contribution in [2.24, 2.45) is 0 Å². The van der Waals surface area contributed by atoms with E-state index in [0.717, 1.165) is 0 Å². The normalized spacial score (nSPS) is 12.5. The molecule has 2 aromatic rings. The third-order valence-electron chi connectivity index (χ3n) is 2.81. The molecule has 0 aliphatic carbocycles. The van der Waals surface area contributed by atoms with Gasteiger partial charge in [-0.15, -0.1) is 0 Å². The van der Waals surface area contributed by atoms with E-state index in [9.17, 15) is 8.78 Å². The molecule has 0 N–H and O–H groups in total. The van der Waals surface area contributed by atoms with Crippen LogP contribution in [0.1, 0.15) is 21.5 Å². The van der Waals surface area contributed by atoms with Gasteiger partial charge in [0.25, 0.3) is 0 Å². The summed E-state index contributed by atoms with van der Waals surface area (Å²) in [6.45, 7) is 1.53. The van der Waals surface area contributed by atoms with Gasteiger partial charge in [-0.25, -0.2) is 8.78 Å². The molecule has 0 fully saturated rings. The molecule has 0 nitrogen and oxygen atoms in total. The fourth-order valence-corrected chi connectivity index (χ4v) is 3.22. The van der Waals surface area contributed by atoms with Crippen LogP contribution in [0, 0.1) is 18.6 Å². The van der Waals surface area contributed by atoms with Gasteiger partial charge < -0.3 is 0 Å². The SMILES string of the molecule is Cc1cc(F)c(C(Br)c2cccc(Br)c2Cl)cc1F. The van der Waals surface area contributed by atoms with Crippen molar-refractivity contribution in [2.45, 2.75) is 11.8 Å². The molecule has 2 rings (SSSR count). The van der Waals surface area contributed by atoms with Gasteiger partial charge in [0, 0.05) is 10.0 Å². The Bertz CT molecular complexity index is 629. The standard InChI is InChI=1S/C14H9Br2ClF2/c1-7-5-12(19)9(6-11(7)18)13(16)8-3-2-4-10(15)14(8)17/h2-6,13H,1H3. The summed E-state index contributed by atoms with van der Waals surface area (Å²) >= 11 is 12.9. The molecule has 0 spiro atoms. The minimum atomic E-state index is -0.507. The summed E-state index contributed by atoms with van der Waals surface area (Å²) in [4.78, 5) is -0.507. The molecule has 2 aromatic carbocycles. The largest absolute Gasteiger partial charge is 0.207 e. The molecule has 1 atom stereocenters. The predicted molar refractivity (Wildman–Crippen MR) is 81.0 cm³/mol. The summed E-state index contributed by atoms with van der Waals surface area (Å²) in [5.41, 5.74) is 1.18. The third-order valence-corrected chi connectivity index (χ3v) is 5.10. The van der Waals surface area contributed by atoms with Crippen LogP contribution in [-0.4, -0.2) is 0 Å². The van der Waals surface area contributed by atoms with Gasteiger partial charge >= 0.3 is 0 Å². The molecule has 0 amide bonds. The Hall–Kier alpha value is -0.450. The van der Waals surface area contributed by atoms with Crippen LogP contribution in [0.25, 0.3) is 0 Å². The lowest BCUT2D eigenvalue weighted by atomic mass is 10.0. The zero-order valence-electron chi connectivity index (χ0n) is 9.85. The summed E-state index contributed by atoms with van der Waals surface area (Å²) in [6, 6.07) is 7.73. The number of halogens is 5. The van der Waals surface area contributed by atoms with Crippen LogP contribution in [0.2, 0.25) is 5.02 Å². The van der Waals surface area contributed by atoms with E-state index in [1.54, 1.807) is 18.2 Å². The van der Waals surface area contributed by atoms with E-state index in [4.69, 9.17) is 11.6 Å². The number of hydrogen-bond donors (Lipinski definition) is 0. The number of benzene rings is 2. The zero-order valence-corrected chi connectivity index (χ0v) is 13.8. The van der Waals surface area contributed by atoms with E-state index in [2.05, 4.69) is 31.9 Å². The Morgan fingerprint density at radius 3 is 2.47 bits per heavy atom. The van der Waals surface area contributed by atoms with Crippen molar-refractivity contribution >= 4 is 43.5 Å². The Balaban J connectivity index is 2.53. The predicted octanol–water partition coefficient (Wildman–Crippen LogP) is 6.17. The molecule has 0 saturated carbocycles. The maximum atomic E-state index is 13.9. The molecule has 19 heavy (non-hydrogen) atoms. The lowest BCUT2D eigenvalue weighted by Gasteiger charge is -2.15. The lowest BCUT2D eigenvalue weighted by molar-refractivity contribution is 0.581. The first kappa shape index (κ1) is 14.9. The lowest BCUT2D eigenvalue weighted by Crippen LogP contribution is -2.00. The van der Waals surface area contributed by atoms with Crippen LogP contribution in [0.3, 0.4) is 0 Å². The second-order valence-electron chi connectivity index (χ2n) is 4.13. The molecular weight excluding hydrogens is 401 g/mol. The van der Waals surface area contributed by atoms with Crippen LogP contribution in [0.5, 0.6) is 0 Å². The smallest absolute Gasteiger partial charge is 0.128 e. The highest BCUT2D eigenvalue weighted by molar-refractivity contribution is 9.10. The topological polar surface area (TPSA) is 0 Å². The van der Waals surface area contributed by atoms with Crippen molar-refractivity contribution < 1.29 is 8.78 Å². The monoisotopic (exact) mass is 408 g/mol. The minimum absolute atomic E-state index is 0.225. The molecule has 0 aliphatic rings. The van der Waals surface area contributed by atoms with Gasteiger partial charge in [0.15, 0.2) is 0 Å². The van der Waals surface area contributed by atoms with E-state index in [-0.39, 0.29) is 11.1 Å². The highest BCUT2D eigenvalue weighted by Gasteiger charge is 2.20. The molecule has 1 unspecified atom stereocenters. The van der Waals surface area contributed by atoms with Gasteiger partial charge in [0.2, 0.25) is 0 Å². The zero-order chi connectivity index (χ0) is 14.2. The van der Waals surface area contributed by atoms with E-state index < -0.39 is 16.5 Å². The Morgan fingerprint density at radius 2 is 1.79 bits per heavy atom. The summed E-state index contributed by atoms with van der Waals surface area (Å²) in [5, 5.41) is 0.477. The molecule has 0 heterocycles. The van der Waals surface area contributed by atoms with Crippen molar-refractivity contribution in [2.75, 3.05) is 0 Å². The molecule has 100 valence electrons. The third kappa shape index (κ3) is 3.01. The second kappa shape index (κ2) is 5.90. The first-order valence-electron chi connectivity index (χ1n) is 5.45. The van der Waals surface area contributed by atoms with Gasteiger partial charge in [-0.2, -0.15) is 0 Å². The number of rotatable bonds is 2. The van der Waals surface area contributed by atoms with Gasteiger partial charge in [-0.3, -0.25) is 0 Å². The van der Waals surface area contributed by atoms with Crippen LogP contribution in [0.15, 0.2) is 34.8 Å². The van der Waals surface area contributed by atoms with E-state index >= 15 is 0 Å². The van der Waals surface area contributed by atoms with E-state index in [1.165, 1.54) is 19.1 Å². The fourth-order valence-electron chi connectivity index (χ4n) is 1.74. The van der Waals surface area contributed by atoms with Crippen LogP contribution >= 0.6 is 43.5 Å². The molecule has 5 heteroatoms. The Morgan fingerprint density at radius 1 is 1.11 bits per heavy atom. The van der Waals surface area contributed by atoms with Crippen LogP contribution in [0.4, 0.5) is 8.78 Å². The van der Waals surface area contributed by atoms with Gasteiger partial charge in [-0.1, -0.05) is 39.7 Å². The number of hydrogen-bond acceptors (Lipinski definition) is 0.